The van der Waals surface area contributed by atoms with Gasteiger partial charge in [0.05, 0.1) is 12.5 Å². The smallest absolute Gasteiger partial charge is 0.420 e. The molecule has 0 heterocycles. The van der Waals surface area contributed by atoms with E-state index in [1.807, 2.05) is 0 Å². The number of phenols is 1. The van der Waals surface area contributed by atoms with Crippen LogP contribution in [-0.2, 0) is 12.6 Å². The van der Waals surface area contributed by atoms with E-state index >= 15 is 0 Å². The SMILES string of the molecule is N#CCc1cccc(O)c1C(F)(F)F. The molecule has 1 aromatic carbocycles. The first-order valence-corrected chi connectivity index (χ1v) is 3.72. The summed E-state index contributed by atoms with van der Waals surface area (Å²) in [6.07, 6.45) is -5.00. The van der Waals surface area contributed by atoms with Crippen molar-refractivity contribution in [1.29, 1.82) is 5.26 Å². The Morgan fingerprint density at radius 1 is 1.36 bits per heavy atom. The number of phenolic OH excluding ortho intramolecular Hbond substituents is 1. The van der Waals surface area contributed by atoms with Gasteiger partial charge in [-0.3, -0.25) is 0 Å². The van der Waals surface area contributed by atoms with Crippen molar-refractivity contribution in [3.05, 3.63) is 29.3 Å². The summed E-state index contributed by atoms with van der Waals surface area (Å²) in [5.41, 5.74) is -1.33. The summed E-state index contributed by atoms with van der Waals surface area (Å²) >= 11 is 0. The van der Waals surface area contributed by atoms with Crippen molar-refractivity contribution in [3.63, 3.8) is 0 Å². The Morgan fingerprint density at radius 2 is 2.00 bits per heavy atom. The van der Waals surface area contributed by atoms with Crippen molar-refractivity contribution in [2.45, 2.75) is 12.6 Å². The molecule has 2 nitrogen and oxygen atoms in total. The van der Waals surface area contributed by atoms with Gasteiger partial charge in [0, 0.05) is 0 Å². The van der Waals surface area contributed by atoms with Gasteiger partial charge in [0.1, 0.15) is 11.3 Å². The van der Waals surface area contributed by atoms with Crippen LogP contribution < -0.4 is 0 Å². The van der Waals surface area contributed by atoms with Crippen LogP contribution in [0.5, 0.6) is 5.75 Å². The maximum atomic E-state index is 12.4. The van der Waals surface area contributed by atoms with E-state index in [9.17, 15) is 13.2 Å². The van der Waals surface area contributed by atoms with Crippen molar-refractivity contribution < 1.29 is 18.3 Å². The number of aromatic hydroxyl groups is 1. The zero-order chi connectivity index (χ0) is 10.8. The van der Waals surface area contributed by atoms with Crippen LogP contribution in [0.4, 0.5) is 13.2 Å². The second-order valence-corrected chi connectivity index (χ2v) is 2.64. The van der Waals surface area contributed by atoms with Gasteiger partial charge in [-0.05, 0) is 11.6 Å². The summed E-state index contributed by atoms with van der Waals surface area (Å²) in [6, 6.07) is 5.01. The Balaban J connectivity index is 3.31. The molecule has 0 spiro atoms. The molecule has 0 radical (unpaired) electrons. The first-order chi connectivity index (χ1) is 6.46. The second kappa shape index (κ2) is 3.58. The number of nitriles is 1. The minimum Gasteiger partial charge on any atom is -0.507 e. The highest BCUT2D eigenvalue weighted by Gasteiger charge is 2.36. The molecule has 0 amide bonds. The summed E-state index contributed by atoms with van der Waals surface area (Å²) in [7, 11) is 0. The first kappa shape index (κ1) is 10.4. The Kier molecular flexibility index (Phi) is 2.65. The molecule has 0 saturated heterocycles. The molecule has 0 aliphatic heterocycles. The van der Waals surface area contributed by atoms with Gasteiger partial charge in [0.2, 0.25) is 0 Å². The number of hydrogen-bond acceptors (Lipinski definition) is 2. The fraction of sp³-hybridized carbons (Fsp3) is 0.222. The summed E-state index contributed by atoms with van der Waals surface area (Å²) in [6.45, 7) is 0. The lowest BCUT2D eigenvalue weighted by atomic mass is 10.0. The zero-order valence-corrected chi connectivity index (χ0v) is 6.97. The van der Waals surface area contributed by atoms with E-state index in [0.29, 0.717) is 0 Å². The summed E-state index contributed by atoms with van der Waals surface area (Å²) in [5.74, 6) is -0.842. The standard InChI is InChI=1S/C9H6F3NO/c10-9(11,12)8-6(4-5-13)2-1-3-7(8)14/h1-3,14H,4H2. The topological polar surface area (TPSA) is 44.0 Å². The third-order valence-electron chi connectivity index (χ3n) is 1.68. The quantitative estimate of drug-likeness (QED) is 0.758. The highest BCUT2D eigenvalue weighted by Crippen LogP contribution is 2.38. The van der Waals surface area contributed by atoms with Crippen LogP contribution >= 0.6 is 0 Å². The Morgan fingerprint density at radius 3 is 2.50 bits per heavy atom. The van der Waals surface area contributed by atoms with E-state index in [-0.39, 0.29) is 12.0 Å². The number of halogens is 3. The van der Waals surface area contributed by atoms with E-state index in [4.69, 9.17) is 10.4 Å². The third-order valence-corrected chi connectivity index (χ3v) is 1.68. The molecule has 74 valence electrons. The molecule has 0 saturated carbocycles. The molecule has 14 heavy (non-hydrogen) atoms. The van der Waals surface area contributed by atoms with Crippen LogP contribution in [0, 0.1) is 11.3 Å². The third kappa shape index (κ3) is 1.96. The highest BCUT2D eigenvalue weighted by atomic mass is 19.4. The van der Waals surface area contributed by atoms with Crippen molar-refractivity contribution in [3.8, 4) is 11.8 Å². The molecule has 0 unspecified atom stereocenters. The van der Waals surface area contributed by atoms with Gasteiger partial charge in [-0.25, -0.2) is 0 Å². The molecule has 0 aliphatic carbocycles. The number of hydrogen-bond donors (Lipinski definition) is 1. The van der Waals surface area contributed by atoms with Gasteiger partial charge in [-0.2, -0.15) is 18.4 Å². The van der Waals surface area contributed by atoms with E-state index in [1.165, 1.54) is 12.1 Å². The van der Waals surface area contributed by atoms with Crippen molar-refractivity contribution in [2.75, 3.05) is 0 Å². The Hall–Kier alpha value is -1.70. The van der Waals surface area contributed by atoms with Gasteiger partial charge >= 0.3 is 6.18 Å². The van der Waals surface area contributed by atoms with Gasteiger partial charge in [0.25, 0.3) is 0 Å². The van der Waals surface area contributed by atoms with Crippen LogP contribution in [-0.4, -0.2) is 5.11 Å². The average Bonchev–Trinajstić information content (AvgIpc) is 2.02. The summed E-state index contributed by atoms with van der Waals surface area (Å²) in [4.78, 5) is 0. The first-order valence-electron chi connectivity index (χ1n) is 3.72. The lowest BCUT2D eigenvalue weighted by Gasteiger charge is -2.12. The molecule has 0 fully saturated rings. The number of nitrogens with zero attached hydrogens (tertiary/aromatic N) is 1. The lowest BCUT2D eigenvalue weighted by Crippen LogP contribution is -2.09. The normalized spacial score (nSPS) is 11.0. The lowest BCUT2D eigenvalue weighted by molar-refractivity contribution is -0.139. The summed E-state index contributed by atoms with van der Waals surface area (Å²) < 4.78 is 37.1. The molecule has 1 N–H and O–H groups in total. The van der Waals surface area contributed by atoms with Gasteiger partial charge in [-0.1, -0.05) is 12.1 Å². The van der Waals surface area contributed by atoms with E-state index in [1.54, 1.807) is 6.07 Å². The monoisotopic (exact) mass is 201 g/mol. The van der Waals surface area contributed by atoms with Gasteiger partial charge in [0.15, 0.2) is 0 Å². The predicted octanol–water partition coefficient (Wildman–Crippen LogP) is 2.48. The van der Waals surface area contributed by atoms with Crippen LogP contribution in [0.1, 0.15) is 11.1 Å². The minimum atomic E-state index is -4.63. The van der Waals surface area contributed by atoms with Crippen LogP contribution in [0.3, 0.4) is 0 Å². The molecule has 0 aromatic heterocycles. The predicted molar refractivity (Wildman–Crippen MR) is 42.4 cm³/mol. The average molecular weight is 201 g/mol. The van der Waals surface area contributed by atoms with Crippen molar-refractivity contribution >= 4 is 0 Å². The fourth-order valence-corrected chi connectivity index (χ4v) is 1.15. The van der Waals surface area contributed by atoms with Gasteiger partial charge < -0.3 is 5.11 Å². The van der Waals surface area contributed by atoms with Gasteiger partial charge in [-0.15, -0.1) is 0 Å². The number of benzene rings is 1. The van der Waals surface area contributed by atoms with Crippen LogP contribution in [0.15, 0.2) is 18.2 Å². The Bertz CT molecular complexity index is 379. The largest absolute Gasteiger partial charge is 0.507 e. The van der Waals surface area contributed by atoms with E-state index in [2.05, 4.69) is 0 Å². The van der Waals surface area contributed by atoms with Crippen LogP contribution in [0.25, 0.3) is 0 Å². The molecular weight excluding hydrogens is 195 g/mol. The fourth-order valence-electron chi connectivity index (χ4n) is 1.15. The maximum Gasteiger partial charge on any atom is 0.420 e. The summed E-state index contributed by atoms with van der Waals surface area (Å²) in [5, 5.41) is 17.3. The van der Waals surface area contributed by atoms with Crippen molar-refractivity contribution in [1.82, 2.24) is 0 Å². The van der Waals surface area contributed by atoms with Crippen molar-refractivity contribution in [2.24, 2.45) is 0 Å². The number of rotatable bonds is 1. The zero-order valence-electron chi connectivity index (χ0n) is 6.97. The minimum absolute atomic E-state index is 0.208. The number of alkyl halides is 3. The molecule has 0 aliphatic rings. The van der Waals surface area contributed by atoms with E-state index < -0.39 is 17.5 Å². The maximum absolute atomic E-state index is 12.4. The molecule has 1 rings (SSSR count). The molecule has 1 aromatic rings. The second-order valence-electron chi connectivity index (χ2n) is 2.64. The van der Waals surface area contributed by atoms with E-state index in [0.717, 1.165) is 6.07 Å². The molecule has 0 bridgehead atoms. The molecular formula is C9H6F3NO. The highest BCUT2D eigenvalue weighted by molar-refractivity contribution is 5.42. The molecule has 5 heteroatoms. The molecule has 0 atom stereocenters. The Labute approximate surface area is 78.2 Å². The van der Waals surface area contributed by atoms with Crippen LogP contribution in [0.2, 0.25) is 0 Å².